The van der Waals surface area contributed by atoms with Crippen LogP contribution in [0.2, 0.25) is 0 Å². The van der Waals surface area contributed by atoms with Crippen molar-refractivity contribution in [2.45, 2.75) is 6.92 Å². The zero-order chi connectivity index (χ0) is 11.1. The van der Waals surface area contributed by atoms with E-state index in [-0.39, 0.29) is 0 Å². The molecule has 16 heavy (non-hydrogen) atoms. The van der Waals surface area contributed by atoms with Crippen molar-refractivity contribution in [3.63, 3.8) is 0 Å². The number of rotatable bonds is 1. The number of hydrogen-bond acceptors (Lipinski definition) is 3. The number of hydrogen-bond donors (Lipinski definition) is 0. The van der Waals surface area contributed by atoms with Crippen molar-refractivity contribution in [1.82, 2.24) is 14.4 Å². The molecule has 0 bridgehead atoms. The van der Waals surface area contributed by atoms with Gasteiger partial charge in [0.15, 0.2) is 0 Å². The molecule has 3 aromatic rings. The number of imidazole rings is 1. The van der Waals surface area contributed by atoms with Crippen LogP contribution in [0.3, 0.4) is 0 Å². The molecular formula is C11H8BrN3S. The van der Waals surface area contributed by atoms with Crippen molar-refractivity contribution in [3.05, 3.63) is 40.1 Å². The average Bonchev–Trinajstić information content (AvgIpc) is 2.82. The highest BCUT2D eigenvalue weighted by molar-refractivity contribution is 9.10. The molecule has 0 atom stereocenters. The Labute approximate surface area is 105 Å². The Bertz CT molecular complexity index is 643. The molecule has 5 heteroatoms. The van der Waals surface area contributed by atoms with Crippen LogP contribution in [0.25, 0.3) is 16.3 Å². The third kappa shape index (κ3) is 1.56. The Balaban J connectivity index is 2.27. The monoisotopic (exact) mass is 293 g/mol. The van der Waals surface area contributed by atoms with Gasteiger partial charge in [-0.3, -0.25) is 0 Å². The third-order valence-electron chi connectivity index (χ3n) is 2.35. The minimum Gasteiger partial charge on any atom is -0.305 e. The van der Waals surface area contributed by atoms with Crippen LogP contribution in [0.4, 0.5) is 0 Å². The van der Waals surface area contributed by atoms with E-state index in [1.54, 1.807) is 17.5 Å². The molecule has 0 saturated heterocycles. The average molecular weight is 294 g/mol. The fourth-order valence-corrected chi connectivity index (χ4v) is 2.83. The Hall–Kier alpha value is -1.20. The summed E-state index contributed by atoms with van der Waals surface area (Å²) >= 11 is 5.08. The van der Waals surface area contributed by atoms with E-state index >= 15 is 0 Å². The van der Waals surface area contributed by atoms with Crippen LogP contribution >= 0.6 is 27.3 Å². The number of fused-ring (bicyclic) bond motifs is 1. The SMILES string of the molecule is Cc1cc(Br)cn2cc(-c3nccs3)nc12. The highest BCUT2D eigenvalue weighted by Gasteiger charge is 2.08. The van der Waals surface area contributed by atoms with Crippen molar-refractivity contribution in [2.24, 2.45) is 0 Å². The Morgan fingerprint density at radius 3 is 3.00 bits per heavy atom. The second kappa shape index (κ2) is 3.68. The maximum Gasteiger partial charge on any atom is 0.143 e. The molecule has 3 aromatic heterocycles. The van der Waals surface area contributed by atoms with Crippen LogP contribution in [0.15, 0.2) is 34.5 Å². The van der Waals surface area contributed by atoms with Crippen molar-refractivity contribution >= 4 is 32.9 Å². The van der Waals surface area contributed by atoms with Gasteiger partial charge < -0.3 is 4.40 Å². The van der Waals surface area contributed by atoms with Crippen LogP contribution in [0.1, 0.15) is 5.56 Å². The van der Waals surface area contributed by atoms with Crippen molar-refractivity contribution in [3.8, 4) is 10.7 Å². The molecule has 0 amide bonds. The van der Waals surface area contributed by atoms with Gasteiger partial charge in [0.05, 0.1) is 0 Å². The number of thiazole rings is 1. The quantitative estimate of drug-likeness (QED) is 0.687. The van der Waals surface area contributed by atoms with Crippen molar-refractivity contribution in [2.75, 3.05) is 0 Å². The highest BCUT2D eigenvalue weighted by atomic mass is 79.9. The summed E-state index contributed by atoms with van der Waals surface area (Å²) in [5.74, 6) is 0. The van der Waals surface area contributed by atoms with Crippen molar-refractivity contribution < 1.29 is 0 Å². The van der Waals surface area contributed by atoms with Gasteiger partial charge in [0.2, 0.25) is 0 Å². The van der Waals surface area contributed by atoms with Crippen LogP contribution < -0.4 is 0 Å². The predicted molar refractivity (Wildman–Crippen MR) is 68.7 cm³/mol. The number of aromatic nitrogens is 3. The number of nitrogens with zero attached hydrogens (tertiary/aromatic N) is 3. The van der Waals surface area contributed by atoms with E-state index in [1.165, 1.54) is 0 Å². The van der Waals surface area contributed by atoms with Gasteiger partial charge in [-0.2, -0.15) is 0 Å². The third-order valence-corrected chi connectivity index (χ3v) is 3.58. The van der Waals surface area contributed by atoms with E-state index in [0.717, 1.165) is 26.4 Å². The summed E-state index contributed by atoms with van der Waals surface area (Å²) in [6, 6.07) is 2.06. The summed E-state index contributed by atoms with van der Waals surface area (Å²) in [7, 11) is 0. The fraction of sp³-hybridized carbons (Fsp3) is 0.0909. The first-order valence-electron chi connectivity index (χ1n) is 4.79. The minimum absolute atomic E-state index is 0.927. The molecule has 0 aliphatic rings. The largest absolute Gasteiger partial charge is 0.305 e. The smallest absolute Gasteiger partial charge is 0.143 e. The normalized spacial score (nSPS) is 11.1. The lowest BCUT2D eigenvalue weighted by molar-refractivity contribution is 1.15. The zero-order valence-electron chi connectivity index (χ0n) is 8.51. The molecule has 0 unspecified atom stereocenters. The summed E-state index contributed by atoms with van der Waals surface area (Å²) in [6.07, 6.45) is 5.81. The number of pyridine rings is 1. The maximum atomic E-state index is 4.59. The van der Waals surface area contributed by atoms with E-state index in [1.807, 2.05) is 22.2 Å². The summed E-state index contributed by atoms with van der Waals surface area (Å²) in [5, 5.41) is 2.92. The van der Waals surface area contributed by atoms with Gasteiger partial charge in [0.1, 0.15) is 16.3 Å². The van der Waals surface area contributed by atoms with Crippen LogP contribution in [-0.4, -0.2) is 14.4 Å². The van der Waals surface area contributed by atoms with Crippen LogP contribution in [0, 0.1) is 6.92 Å². The Kier molecular flexibility index (Phi) is 2.29. The molecule has 0 spiro atoms. The minimum atomic E-state index is 0.927. The molecule has 0 N–H and O–H groups in total. The molecule has 0 fully saturated rings. The Morgan fingerprint density at radius 2 is 2.25 bits per heavy atom. The lowest BCUT2D eigenvalue weighted by atomic mass is 10.3. The molecular weight excluding hydrogens is 286 g/mol. The topological polar surface area (TPSA) is 30.2 Å². The number of halogens is 1. The fourth-order valence-electron chi connectivity index (χ4n) is 1.68. The summed E-state index contributed by atoms with van der Waals surface area (Å²) in [6.45, 7) is 2.05. The highest BCUT2D eigenvalue weighted by Crippen LogP contribution is 2.24. The van der Waals surface area contributed by atoms with Gasteiger partial charge in [0, 0.05) is 28.4 Å². The molecule has 3 nitrogen and oxygen atoms in total. The van der Waals surface area contributed by atoms with E-state index < -0.39 is 0 Å². The lowest BCUT2D eigenvalue weighted by Gasteiger charge is -1.97. The van der Waals surface area contributed by atoms with Gasteiger partial charge in [-0.05, 0) is 34.5 Å². The molecule has 0 aliphatic heterocycles. The molecule has 0 aliphatic carbocycles. The first-order valence-corrected chi connectivity index (χ1v) is 6.46. The molecule has 0 radical (unpaired) electrons. The van der Waals surface area contributed by atoms with E-state index in [9.17, 15) is 0 Å². The standard InChI is InChI=1S/C11H8BrN3S/c1-7-4-8(12)5-15-6-9(14-10(7)15)11-13-2-3-16-11/h2-6H,1H3. The second-order valence-electron chi connectivity index (χ2n) is 3.54. The zero-order valence-corrected chi connectivity index (χ0v) is 10.9. The molecule has 3 rings (SSSR count). The van der Waals surface area contributed by atoms with Crippen LogP contribution in [0.5, 0.6) is 0 Å². The molecule has 80 valence electrons. The van der Waals surface area contributed by atoms with Gasteiger partial charge in [0.25, 0.3) is 0 Å². The molecule has 0 saturated carbocycles. The summed E-state index contributed by atoms with van der Waals surface area (Å²) in [4.78, 5) is 8.85. The maximum absolute atomic E-state index is 4.59. The predicted octanol–water partition coefficient (Wildman–Crippen LogP) is 3.53. The summed E-state index contributed by atoms with van der Waals surface area (Å²) < 4.78 is 3.08. The van der Waals surface area contributed by atoms with Crippen molar-refractivity contribution in [1.29, 1.82) is 0 Å². The lowest BCUT2D eigenvalue weighted by Crippen LogP contribution is -1.86. The van der Waals surface area contributed by atoms with Gasteiger partial charge >= 0.3 is 0 Å². The van der Waals surface area contributed by atoms with Gasteiger partial charge in [-0.15, -0.1) is 11.3 Å². The van der Waals surface area contributed by atoms with E-state index in [4.69, 9.17) is 0 Å². The second-order valence-corrected chi connectivity index (χ2v) is 5.35. The number of aryl methyl sites for hydroxylation is 1. The van der Waals surface area contributed by atoms with E-state index in [0.29, 0.717) is 0 Å². The Morgan fingerprint density at radius 1 is 1.38 bits per heavy atom. The summed E-state index contributed by atoms with van der Waals surface area (Å²) in [5.41, 5.74) is 3.06. The van der Waals surface area contributed by atoms with Crippen LogP contribution in [-0.2, 0) is 0 Å². The first-order chi connectivity index (χ1) is 7.74. The van der Waals surface area contributed by atoms with Gasteiger partial charge in [-0.25, -0.2) is 9.97 Å². The van der Waals surface area contributed by atoms with Gasteiger partial charge in [-0.1, -0.05) is 0 Å². The molecule has 3 heterocycles. The first kappa shape index (κ1) is 9.99. The molecule has 0 aromatic carbocycles. The van der Waals surface area contributed by atoms with E-state index in [2.05, 4.69) is 38.9 Å².